The van der Waals surface area contributed by atoms with Crippen molar-refractivity contribution in [1.29, 1.82) is 0 Å². The van der Waals surface area contributed by atoms with E-state index < -0.39 is 0 Å². The third kappa shape index (κ3) is 4.29. The van der Waals surface area contributed by atoms with E-state index in [9.17, 15) is 9.59 Å². The van der Waals surface area contributed by atoms with E-state index in [1.807, 2.05) is 13.8 Å². The smallest absolute Gasteiger partial charge is 0.239 e. The molecule has 24 heavy (non-hydrogen) atoms. The van der Waals surface area contributed by atoms with E-state index in [-0.39, 0.29) is 29.8 Å². The van der Waals surface area contributed by atoms with E-state index >= 15 is 0 Å². The molecule has 4 aliphatic rings. The summed E-state index contributed by atoms with van der Waals surface area (Å²) in [4.78, 5) is 24.2. The minimum atomic E-state index is -0.0985. The summed E-state index contributed by atoms with van der Waals surface area (Å²) in [6.07, 6.45) is 8.52. The van der Waals surface area contributed by atoms with Crippen LogP contribution >= 0.6 is 0 Å². The van der Waals surface area contributed by atoms with Gasteiger partial charge in [0.05, 0.1) is 6.54 Å². The van der Waals surface area contributed by atoms with Gasteiger partial charge in [0, 0.05) is 19.0 Å². The Hall–Kier alpha value is -1.10. The molecule has 4 aliphatic carbocycles. The summed E-state index contributed by atoms with van der Waals surface area (Å²) < 4.78 is 0. The lowest BCUT2D eigenvalue weighted by Gasteiger charge is -2.56. The third-order valence-corrected chi connectivity index (χ3v) is 6.30. The lowest BCUT2D eigenvalue weighted by atomic mass is 9.49. The number of rotatable bonds is 8. The first-order valence-electron chi connectivity index (χ1n) is 9.75. The Morgan fingerprint density at radius 1 is 1.00 bits per heavy atom. The predicted molar refractivity (Wildman–Crippen MR) is 94.4 cm³/mol. The van der Waals surface area contributed by atoms with Gasteiger partial charge in [-0.3, -0.25) is 9.59 Å². The van der Waals surface area contributed by atoms with Crippen molar-refractivity contribution in [3.8, 4) is 0 Å². The standard InChI is InChI=1S/C19H33N3O2/c1-3-20-13(2)11-21-18(24)12-22-17(23)10-19-7-14-4-15(8-19)6-16(5-14)9-19/h13-16,20H,3-12H2,1-2H3,(H,21,24)(H,22,23)/t13-,14?,15?,16?,19?/m1/s1. The first-order valence-corrected chi connectivity index (χ1v) is 9.75. The van der Waals surface area contributed by atoms with Gasteiger partial charge in [-0.2, -0.15) is 0 Å². The van der Waals surface area contributed by atoms with Gasteiger partial charge >= 0.3 is 0 Å². The van der Waals surface area contributed by atoms with Crippen molar-refractivity contribution in [3.63, 3.8) is 0 Å². The highest BCUT2D eigenvalue weighted by Gasteiger charge is 2.51. The highest BCUT2D eigenvalue weighted by molar-refractivity contribution is 5.84. The summed E-state index contributed by atoms with van der Waals surface area (Å²) in [5.74, 6) is 2.55. The van der Waals surface area contributed by atoms with Crippen molar-refractivity contribution < 1.29 is 9.59 Å². The van der Waals surface area contributed by atoms with Crippen LogP contribution in [-0.2, 0) is 9.59 Å². The number of amides is 2. The van der Waals surface area contributed by atoms with Gasteiger partial charge in [-0.15, -0.1) is 0 Å². The minimum absolute atomic E-state index is 0.0619. The van der Waals surface area contributed by atoms with Crippen molar-refractivity contribution in [2.24, 2.45) is 23.2 Å². The van der Waals surface area contributed by atoms with E-state index in [0.29, 0.717) is 13.0 Å². The molecule has 0 unspecified atom stereocenters. The van der Waals surface area contributed by atoms with Crippen molar-refractivity contribution in [3.05, 3.63) is 0 Å². The second kappa shape index (κ2) is 7.42. The molecule has 4 saturated carbocycles. The molecule has 0 spiro atoms. The molecule has 0 saturated heterocycles. The van der Waals surface area contributed by atoms with Crippen molar-refractivity contribution >= 4 is 11.8 Å². The summed E-state index contributed by atoms with van der Waals surface area (Å²) in [6, 6.07) is 0.252. The van der Waals surface area contributed by atoms with E-state index in [4.69, 9.17) is 0 Å². The molecule has 0 aromatic carbocycles. The fourth-order valence-electron chi connectivity index (χ4n) is 5.84. The van der Waals surface area contributed by atoms with Crippen LogP contribution in [-0.4, -0.2) is 37.5 Å². The van der Waals surface area contributed by atoms with Crippen LogP contribution in [0.2, 0.25) is 0 Å². The Morgan fingerprint density at radius 3 is 2.12 bits per heavy atom. The van der Waals surface area contributed by atoms with Gasteiger partial charge in [-0.05, 0) is 75.2 Å². The maximum atomic E-state index is 12.4. The van der Waals surface area contributed by atoms with E-state index in [2.05, 4.69) is 16.0 Å². The number of likely N-dealkylation sites (N-methyl/N-ethyl adjacent to an activating group) is 1. The number of carbonyl (C=O) groups is 2. The molecule has 0 heterocycles. The topological polar surface area (TPSA) is 70.2 Å². The molecule has 4 fully saturated rings. The molecule has 136 valence electrons. The van der Waals surface area contributed by atoms with Gasteiger partial charge < -0.3 is 16.0 Å². The highest BCUT2D eigenvalue weighted by atomic mass is 16.2. The SMILES string of the molecule is CCN[C@H](C)CNC(=O)CNC(=O)CC12CC3CC(CC(C3)C1)C2. The highest BCUT2D eigenvalue weighted by Crippen LogP contribution is 2.61. The molecular weight excluding hydrogens is 302 g/mol. The zero-order chi connectivity index (χ0) is 17.2. The summed E-state index contributed by atoms with van der Waals surface area (Å²) in [5.41, 5.74) is 0.245. The van der Waals surface area contributed by atoms with Gasteiger partial charge in [0.15, 0.2) is 0 Å². The Labute approximate surface area is 145 Å². The maximum absolute atomic E-state index is 12.4. The molecule has 0 aromatic rings. The van der Waals surface area contributed by atoms with Crippen LogP contribution in [0.5, 0.6) is 0 Å². The quantitative estimate of drug-likeness (QED) is 0.634. The summed E-state index contributed by atoms with van der Waals surface area (Å²) >= 11 is 0. The Bertz CT molecular complexity index is 442. The van der Waals surface area contributed by atoms with Crippen LogP contribution in [0.4, 0.5) is 0 Å². The molecule has 3 N–H and O–H groups in total. The minimum Gasteiger partial charge on any atom is -0.353 e. The van der Waals surface area contributed by atoms with E-state index in [1.54, 1.807) is 0 Å². The van der Waals surface area contributed by atoms with Gasteiger partial charge in [0.1, 0.15) is 0 Å². The molecular formula is C19H33N3O2. The van der Waals surface area contributed by atoms with Crippen LogP contribution in [0.15, 0.2) is 0 Å². The van der Waals surface area contributed by atoms with Crippen molar-refractivity contribution in [2.45, 2.75) is 64.8 Å². The molecule has 0 aliphatic heterocycles. The van der Waals surface area contributed by atoms with Crippen LogP contribution < -0.4 is 16.0 Å². The van der Waals surface area contributed by atoms with Gasteiger partial charge in [0.25, 0.3) is 0 Å². The van der Waals surface area contributed by atoms with E-state index in [1.165, 1.54) is 38.5 Å². The Balaban J connectivity index is 1.39. The second-order valence-corrected chi connectivity index (χ2v) is 8.63. The predicted octanol–water partition coefficient (Wildman–Crippen LogP) is 1.82. The molecule has 4 rings (SSSR count). The zero-order valence-electron chi connectivity index (χ0n) is 15.2. The van der Waals surface area contributed by atoms with Crippen molar-refractivity contribution in [1.82, 2.24) is 16.0 Å². The normalized spacial score (nSPS) is 34.8. The first kappa shape index (κ1) is 17.7. The lowest BCUT2D eigenvalue weighted by molar-refractivity contribution is -0.131. The average Bonchev–Trinajstić information content (AvgIpc) is 2.49. The number of nitrogens with one attached hydrogen (secondary N) is 3. The molecule has 0 radical (unpaired) electrons. The Kier molecular flexibility index (Phi) is 5.48. The molecule has 1 atom stereocenters. The molecule has 0 aromatic heterocycles. The summed E-state index contributed by atoms with van der Waals surface area (Å²) in [5, 5.41) is 8.96. The second-order valence-electron chi connectivity index (χ2n) is 8.63. The monoisotopic (exact) mass is 335 g/mol. The van der Waals surface area contributed by atoms with Gasteiger partial charge in [0.2, 0.25) is 11.8 Å². The summed E-state index contributed by atoms with van der Waals surface area (Å²) in [6.45, 7) is 5.67. The third-order valence-electron chi connectivity index (χ3n) is 6.30. The molecule has 5 nitrogen and oxygen atoms in total. The van der Waals surface area contributed by atoms with E-state index in [0.717, 1.165) is 24.3 Å². The van der Waals surface area contributed by atoms with Crippen molar-refractivity contribution in [2.75, 3.05) is 19.6 Å². The maximum Gasteiger partial charge on any atom is 0.239 e. The number of hydrogen-bond donors (Lipinski definition) is 3. The fraction of sp³-hybridized carbons (Fsp3) is 0.895. The first-order chi connectivity index (χ1) is 11.5. The number of hydrogen-bond acceptors (Lipinski definition) is 3. The van der Waals surface area contributed by atoms with Gasteiger partial charge in [-0.25, -0.2) is 0 Å². The fourth-order valence-corrected chi connectivity index (χ4v) is 5.84. The molecule has 5 heteroatoms. The average molecular weight is 335 g/mol. The van der Waals surface area contributed by atoms with Crippen LogP contribution in [0.1, 0.15) is 58.8 Å². The van der Waals surface area contributed by atoms with Crippen LogP contribution in [0, 0.1) is 23.2 Å². The Morgan fingerprint density at radius 2 is 1.58 bits per heavy atom. The summed E-state index contributed by atoms with van der Waals surface area (Å²) in [7, 11) is 0. The lowest BCUT2D eigenvalue weighted by Crippen LogP contribution is -2.49. The molecule has 4 bridgehead atoms. The van der Waals surface area contributed by atoms with Crippen LogP contribution in [0.3, 0.4) is 0 Å². The number of carbonyl (C=O) groups excluding carboxylic acids is 2. The zero-order valence-corrected chi connectivity index (χ0v) is 15.2. The van der Waals surface area contributed by atoms with Gasteiger partial charge in [-0.1, -0.05) is 6.92 Å². The van der Waals surface area contributed by atoms with Crippen LogP contribution in [0.25, 0.3) is 0 Å². The molecule has 2 amide bonds. The largest absolute Gasteiger partial charge is 0.353 e.